The van der Waals surface area contributed by atoms with E-state index in [2.05, 4.69) is 31.2 Å². The van der Waals surface area contributed by atoms with E-state index in [1.54, 1.807) is 6.92 Å². The molecule has 7 heteroatoms. The third kappa shape index (κ3) is 4.01. The summed E-state index contributed by atoms with van der Waals surface area (Å²) in [5.41, 5.74) is 0. The lowest BCUT2D eigenvalue weighted by Gasteiger charge is -2.06. The molecule has 1 N–H and O–H groups in total. The Balaban J connectivity index is 2.57. The van der Waals surface area contributed by atoms with Crippen LogP contribution in [0, 0.1) is 0 Å². The Hall–Kier alpha value is -0.880. The van der Waals surface area contributed by atoms with Gasteiger partial charge in [0.1, 0.15) is 12.4 Å². The van der Waals surface area contributed by atoms with Gasteiger partial charge in [0.05, 0.1) is 11.1 Å². The fourth-order valence-electron chi connectivity index (χ4n) is 0.837. The van der Waals surface area contributed by atoms with E-state index >= 15 is 0 Å². The maximum absolute atomic E-state index is 11.0. The Morgan fingerprint density at radius 1 is 1.73 bits per heavy atom. The minimum absolute atomic E-state index is 0.0415. The summed E-state index contributed by atoms with van der Waals surface area (Å²) in [6.07, 6.45) is 1.50. The minimum atomic E-state index is -0.348. The van der Waals surface area contributed by atoms with Crippen molar-refractivity contribution in [1.29, 1.82) is 0 Å². The summed E-state index contributed by atoms with van der Waals surface area (Å²) in [4.78, 5) is 18.7. The predicted molar refractivity (Wildman–Crippen MR) is 59.9 cm³/mol. The summed E-state index contributed by atoms with van der Waals surface area (Å²) in [5, 5.41) is 2.90. The molecule has 1 aromatic rings. The van der Waals surface area contributed by atoms with Gasteiger partial charge in [-0.15, -0.1) is 0 Å². The second-order valence-electron chi connectivity index (χ2n) is 2.49. The summed E-state index contributed by atoms with van der Waals surface area (Å²) in [6, 6.07) is 0. The normalized spacial score (nSPS) is 9.80. The van der Waals surface area contributed by atoms with Gasteiger partial charge in [-0.3, -0.25) is 4.79 Å². The molecule has 0 aliphatic rings. The first kappa shape index (κ1) is 12.2. The van der Waals surface area contributed by atoms with Crippen LogP contribution in [-0.4, -0.2) is 29.1 Å². The van der Waals surface area contributed by atoms with Gasteiger partial charge < -0.3 is 10.1 Å². The molecule has 0 aliphatic heterocycles. The van der Waals surface area contributed by atoms with Crippen LogP contribution in [0.15, 0.2) is 10.7 Å². The van der Waals surface area contributed by atoms with Crippen molar-refractivity contribution >= 4 is 39.3 Å². The SMILES string of the molecule is CCOC(=O)CNc1nc(Cl)ncc1Br. The van der Waals surface area contributed by atoms with Crippen LogP contribution in [0.4, 0.5) is 5.82 Å². The topological polar surface area (TPSA) is 64.1 Å². The second-order valence-corrected chi connectivity index (χ2v) is 3.69. The number of nitrogens with zero attached hydrogens (tertiary/aromatic N) is 2. The molecule has 0 fully saturated rings. The molecule has 0 radical (unpaired) electrons. The van der Waals surface area contributed by atoms with Gasteiger partial charge >= 0.3 is 5.97 Å². The number of halogens is 2. The molecule has 15 heavy (non-hydrogen) atoms. The first-order valence-electron chi connectivity index (χ1n) is 4.21. The molecule has 0 saturated heterocycles. The molecule has 82 valence electrons. The van der Waals surface area contributed by atoms with Crippen LogP contribution in [0.5, 0.6) is 0 Å². The van der Waals surface area contributed by atoms with Crippen LogP contribution in [0.2, 0.25) is 5.28 Å². The number of esters is 1. The van der Waals surface area contributed by atoms with Gasteiger partial charge in [0.15, 0.2) is 0 Å². The third-order valence-corrected chi connectivity index (χ3v) is 2.18. The minimum Gasteiger partial charge on any atom is -0.465 e. The number of aromatic nitrogens is 2. The molecule has 1 rings (SSSR count). The Bertz CT molecular complexity index is 362. The summed E-state index contributed by atoms with van der Waals surface area (Å²) in [7, 11) is 0. The number of hydrogen-bond donors (Lipinski definition) is 1. The molecule has 0 saturated carbocycles. The zero-order valence-electron chi connectivity index (χ0n) is 7.96. The Kier molecular flexibility index (Phi) is 4.77. The van der Waals surface area contributed by atoms with Crippen LogP contribution in [0.3, 0.4) is 0 Å². The maximum atomic E-state index is 11.0. The number of anilines is 1. The van der Waals surface area contributed by atoms with Crippen molar-refractivity contribution in [3.63, 3.8) is 0 Å². The molecule has 0 atom stereocenters. The van der Waals surface area contributed by atoms with Crippen LogP contribution in [-0.2, 0) is 9.53 Å². The summed E-state index contributed by atoms with van der Waals surface area (Å²) in [5.74, 6) is 0.113. The number of nitrogens with one attached hydrogen (secondary N) is 1. The van der Waals surface area contributed by atoms with Crippen molar-refractivity contribution in [1.82, 2.24) is 9.97 Å². The van der Waals surface area contributed by atoms with E-state index in [0.29, 0.717) is 16.9 Å². The van der Waals surface area contributed by atoms with Crippen molar-refractivity contribution < 1.29 is 9.53 Å². The quantitative estimate of drug-likeness (QED) is 0.678. The number of carbonyl (C=O) groups excluding carboxylic acids is 1. The van der Waals surface area contributed by atoms with Gasteiger partial charge in [0.2, 0.25) is 5.28 Å². The number of carbonyl (C=O) groups is 1. The molecule has 0 unspecified atom stereocenters. The highest BCUT2D eigenvalue weighted by atomic mass is 79.9. The van der Waals surface area contributed by atoms with E-state index in [1.807, 2.05) is 0 Å². The third-order valence-electron chi connectivity index (χ3n) is 1.42. The fraction of sp³-hybridized carbons (Fsp3) is 0.375. The highest BCUT2D eigenvalue weighted by Crippen LogP contribution is 2.19. The van der Waals surface area contributed by atoms with Crippen LogP contribution >= 0.6 is 27.5 Å². The standard InChI is InChI=1S/C8H9BrClN3O2/c1-2-15-6(14)4-11-7-5(9)3-12-8(10)13-7/h3H,2,4H2,1H3,(H,11,12,13). The van der Waals surface area contributed by atoms with Gasteiger partial charge in [-0.05, 0) is 34.5 Å². The highest BCUT2D eigenvalue weighted by Gasteiger charge is 2.06. The van der Waals surface area contributed by atoms with Crippen LogP contribution in [0.1, 0.15) is 6.92 Å². The van der Waals surface area contributed by atoms with E-state index in [4.69, 9.17) is 16.3 Å². The Labute approximate surface area is 100 Å². The number of rotatable bonds is 4. The van der Waals surface area contributed by atoms with E-state index in [-0.39, 0.29) is 17.8 Å². The lowest BCUT2D eigenvalue weighted by molar-refractivity contribution is -0.140. The van der Waals surface area contributed by atoms with Crippen molar-refractivity contribution in [3.05, 3.63) is 16.0 Å². The molecule has 0 bridgehead atoms. The van der Waals surface area contributed by atoms with E-state index in [0.717, 1.165) is 0 Å². The molecule has 5 nitrogen and oxygen atoms in total. The van der Waals surface area contributed by atoms with Gasteiger partial charge in [-0.1, -0.05) is 0 Å². The monoisotopic (exact) mass is 293 g/mol. The first-order valence-corrected chi connectivity index (χ1v) is 5.38. The summed E-state index contributed by atoms with van der Waals surface area (Å²) < 4.78 is 5.38. The van der Waals surface area contributed by atoms with Crippen molar-refractivity contribution in [2.24, 2.45) is 0 Å². The van der Waals surface area contributed by atoms with Crippen molar-refractivity contribution in [2.75, 3.05) is 18.5 Å². The predicted octanol–water partition coefficient (Wildman–Crippen LogP) is 1.87. The smallest absolute Gasteiger partial charge is 0.325 e. The molecule has 0 amide bonds. The highest BCUT2D eigenvalue weighted by molar-refractivity contribution is 9.10. The summed E-state index contributed by atoms with van der Waals surface area (Å²) in [6.45, 7) is 2.14. The van der Waals surface area contributed by atoms with Gasteiger partial charge in [0.25, 0.3) is 0 Å². The van der Waals surface area contributed by atoms with Gasteiger partial charge in [-0.2, -0.15) is 4.98 Å². The molecule has 1 aromatic heterocycles. The molecule has 0 spiro atoms. The Morgan fingerprint density at radius 3 is 3.13 bits per heavy atom. The number of ether oxygens (including phenoxy) is 1. The van der Waals surface area contributed by atoms with E-state index in [9.17, 15) is 4.79 Å². The second kappa shape index (κ2) is 5.87. The molecular formula is C8H9BrClN3O2. The van der Waals surface area contributed by atoms with Crippen molar-refractivity contribution in [2.45, 2.75) is 6.92 Å². The average molecular weight is 295 g/mol. The fourth-order valence-corrected chi connectivity index (χ4v) is 1.30. The first-order chi connectivity index (χ1) is 7.13. The zero-order valence-corrected chi connectivity index (χ0v) is 10.3. The maximum Gasteiger partial charge on any atom is 0.325 e. The lowest BCUT2D eigenvalue weighted by atomic mass is 10.5. The van der Waals surface area contributed by atoms with Crippen LogP contribution in [0.25, 0.3) is 0 Å². The van der Waals surface area contributed by atoms with Crippen molar-refractivity contribution in [3.8, 4) is 0 Å². The van der Waals surface area contributed by atoms with Gasteiger partial charge in [0, 0.05) is 6.20 Å². The zero-order chi connectivity index (χ0) is 11.3. The Morgan fingerprint density at radius 2 is 2.47 bits per heavy atom. The molecule has 0 aliphatic carbocycles. The molecule has 1 heterocycles. The van der Waals surface area contributed by atoms with E-state index < -0.39 is 0 Å². The molecular weight excluding hydrogens is 285 g/mol. The largest absolute Gasteiger partial charge is 0.465 e. The van der Waals surface area contributed by atoms with Crippen LogP contribution < -0.4 is 5.32 Å². The van der Waals surface area contributed by atoms with E-state index in [1.165, 1.54) is 6.20 Å². The van der Waals surface area contributed by atoms with Gasteiger partial charge in [-0.25, -0.2) is 4.98 Å². The number of hydrogen-bond acceptors (Lipinski definition) is 5. The average Bonchev–Trinajstić information content (AvgIpc) is 2.20. The summed E-state index contributed by atoms with van der Waals surface area (Å²) >= 11 is 8.82. The lowest BCUT2D eigenvalue weighted by Crippen LogP contribution is -2.17. The molecule has 0 aromatic carbocycles.